The molecule has 0 aliphatic heterocycles. The topological polar surface area (TPSA) is 129 Å². The third-order valence-electron chi connectivity index (χ3n) is 4.48. The normalized spacial score (nSPS) is 10.6. The average Bonchev–Trinajstić information content (AvgIpc) is 3.19. The van der Waals surface area contributed by atoms with Crippen LogP contribution in [0.15, 0.2) is 47.6 Å². The van der Waals surface area contributed by atoms with E-state index >= 15 is 0 Å². The highest BCUT2D eigenvalue weighted by Gasteiger charge is 2.19. The Balaban J connectivity index is 1.83. The Kier molecular flexibility index (Phi) is 7.72. The lowest BCUT2D eigenvalue weighted by molar-refractivity contribution is -0.385. The van der Waals surface area contributed by atoms with E-state index in [1.54, 1.807) is 18.4 Å². The number of carbonyl (C=O) groups excluding carboxylic acids is 2. The van der Waals surface area contributed by atoms with Crippen molar-refractivity contribution < 1.29 is 23.6 Å². The Labute approximate surface area is 192 Å². The van der Waals surface area contributed by atoms with Crippen molar-refractivity contribution >= 4 is 29.3 Å². The van der Waals surface area contributed by atoms with Gasteiger partial charge in [0, 0.05) is 22.9 Å². The number of rotatable bonds is 9. The van der Waals surface area contributed by atoms with Crippen molar-refractivity contribution in [1.29, 1.82) is 0 Å². The fourth-order valence-corrected chi connectivity index (χ4v) is 3.66. The fraction of sp³-hybridized carbons (Fsp3) is 0.238. The first-order valence-electron chi connectivity index (χ1n) is 9.82. The minimum absolute atomic E-state index is 0.00738. The van der Waals surface area contributed by atoms with Crippen LogP contribution in [0.1, 0.15) is 28.7 Å². The summed E-state index contributed by atoms with van der Waals surface area (Å²) in [5.41, 5.74) is 0.936. The highest BCUT2D eigenvalue weighted by molar-refractivity contribution is 7.99. The maximum Gasteiger partial charge on any atom is 0.316 e. The number of hydrogen-bond donors (Lipinski definition) is 1. The Hall–Kier alpha value is -3.80. The van der Waals surface area contributed by atoms with Gasteiger partial charge in [0.2, 0.25) is 0 Å². The molecular weight excluding hydrogens is 453 g/mol. The molecule has 12 heteroatoms. The minimum Gasteiger partial charge on any atom is -0.465 e. The zero-order valence-electron chi connectivity index (χ0n) is 17.8. The summed E-state index contributed by atoms with van der Waals surface area (Å²) in [7, 11) is 0. The summed E-state index contributed by atoms with van der Waals surface area (Å²) in [4.78, 5) is 34.9. The van der Waals surface area contributed by atoms with Gasteiger partial charge in [0.1, 0.15) is 5.82 Å². The van der Waals surface area contributed by atoms with Gasteiger partial charge in [0.25, 0.3) is 11.6 Å². The largest absolute Gasteiger partial charge is 0.465 e. The Morgan fingerprint density at radius 3 is 2.61 bits per heavy atom. The molecule has 172 valence electrons. The second-order valence-electron chi connectivity index (χ2n) is 6.75. The first-order chi connectivity index (χ1) is 15.8. The van der Waals surface area contributed by atoms with Crippen molar-refractivity contribution in [3.05, 3.63) is 75.3 Å². The molecule has 0 fully saturated rings. The molecule has 3 aromatic rings. The van der Waals surface area contributed by atoms with Crippen molar-refractivity contribution in [2.24, 2.45) is 0 Å². The van der Waals surface area contributed by atoms with Crippen LogP contribution >= 0.6 is 11.8 Å². The van der Waals surface area contributed by atoms with Gasteiger partial charge in [-0.15, -0.1) is 10.2 Å². The molecule has 1 heterocycles. The number of hydrogen-bond acceptors (Lipinski definition) is 8. The number of amides is 1. The van der Waals surface area contributed by atoms with Crippen molar-refractivity contribution in [2.75, 3.05) is 12.4 Å². The zero-order valence-corrected chi connectivity index (χ0v) is 18.6. The lowest BCUT2D eigenvalue weighted by Crippen LogP contribution is -2.24. The molecule has 0 unspecified atom stereocenters. The summed E-state index contributed by atoms with van der Waals surface area (Å²) < 4.78 is 19.9. The molecule has 0 aliphatic carbocycles. The van der Waals surface area contributed by atoms with Gasteiger partial charge in [-0.1, -0.05) is 17.8 Å². The predicted octanol–water partition coefficient (Wildman–Crippen LogP) is 3.21. The molecule has 0 aliphatic rings. The number of halogens is 1. The highest BCUT2D eigenvalue weighted by atomic mass is 32.2. The molecule has 0 radical (unpaired) electrons. The second-order valence-corrected chi connectivity index (χ2v) is 7.69. The summed E-state index contributed by atoms with van der Waals surface area (Å²) >= 11 is 1.09. The van der Waals surface area contributed by atoms with E-state index in [2.05, 4.69) is 15.5 Å². The molecule has 1 aromatic heterocycles. The van der Waals surface area contributed by atoms with Gasteiger partial charge in [-0.05, 0) is 44.2 Å². The van der Waals surface area contributed by atoms with Crippen LogP contribution < -0.4 is 5.32 Å². The molecule has 10 nitrogen and oxygen atoms in total. The number of nitrogens with one attached hydrogen (secondary N) is 1. The Morgan fingerprint density at radius 2 is 1.94 bits per heavy atom. The SMILES string of the molecule is CCOC(=O)CSc1nnc(CNC(=O)c2ccc(C)c([N+](=O)[O-])c2)n1-c1ccc(F)cc1. The van der Waals surface area contributed by atoms with E-state index in [1.165, 1.54) is 42.5 Å². The minimum atomic E-state index is -0.551. The summed E-state index contributed by atoms with van der Waals surface area (Å²) in [6.07, 6.45) is 0. The zero-order chi connectivity index (χ0) is 24.0. The molecular formula is C21H20FN5O5S. The van der Waals surface area contributed by atoms with E-state index in [0.29, 0.717) is 22.2 Å². The molecule has 2 aromatic carbocycles. The van der Waals surface area contributed by atoms with Gasteiger partial charge in [-0.3, -0.25) is 24.3 Å². The molecule has 0 atom stereocenters. The van der Waals surface area contributed by atoms with Crippen molar-refractivity contribution in [1.82, 2.24) is 20.1 Å². The predicted molar refractivity (Wildman–Crippen MR) is 118 cm³/mol. The molecule has 1 amide bonds. The van der Waals surface area contributed by atoms with Crippen LogP contribution in [-0.2, 0) is 16.1 Å². The molecule has 33 heavy (non-hydrogen) atoms. The monoisotopic (exact) mass is 473 g/mol. The molecule has 0 bridgehead atoms. The van der Waals surface area contributed by atoms with Gasteiger partial charge in [-0.25, -0.2) is 4.39 Å². The first kappa shape index (κ1) is 23.9. The quantitative estimate of drug-likeness (QED) is 0.217. The lowest BCUT2D eigenvalue weighted by atomic mass is 10.1. The van der Waals surface area contributed by atoms with Crippen molar-refractivity contribution in [2.45, 2.75) is 25.5 Å². The van der Waals surface area contributed by atoms with Crippen LogP contribution in [-0.4, -0.2) is 43.9 Å². The lowest BCUT2D eigenvalue weighted by Gasteiger charge is -2.11. The number of nitro groups is 1. The first-order valence-corrected chi connectivity index (χ1v) is 10.8. The molecule has 0 saturated carbocycles. The number of ether oxygens (including phenoxy) is 1. The average molecular weight is 473 g/mol. The second kappa shape index (κ2) is 10.7. The van der Waals surface area contributed by atoms with Gasteiger partial charge in [0.15, 0.2) is 11.0 Å². The summed E-state index contributed by atoms with van der Waals surface area (Å²) in [5, 5.41) is 22.3. The molecule has 0 spiro atoms. The third-order valence-corrected chi connectivity index (χ3v) is 5.39. The van der Waals surface area contributed by atoms with Gasteiger partial charge in [0.05, 0.1) is 23.8 Å². The smallest absolute Gasteiger partial charge is 0.316 e. The van der Waals surface area contributed by atoms with E-state index in [9.17, 15) is 24.1 Å². The number of thioether (sulfide) groups is 1. The van der Waals surface area contributed by atoms with E-state index < -0.39 is 22.6 Å². The molecule has 0 saturated heterocycles. The van der Waals surface area contributed by atoms with Crippen molar-refractivity contribution in [3.8, 4) is 5.69 Å². The van der Waals surface area contributed by atoms with Crippen LogP contribution in [0.4, 0.5) is 10.1 Å². The highest BCUT2D eigenvalue weighted by Crippen LogP contribution is 2.23. The number of aryl methyl sites for hydroxylation is 1. The van der Waals surface area contributed by atoms with E-state index in [4.69, 9.17) is 4.74 Å². The number of esters is 1. The number of carbonyl (C=O) groups is 2. The number of nitrogens with zero attached hydrogens (tertiary/aromatic N) is 4. The standard InChI is InChI=1S/C21H20FN5O5S/c1-3-32-19(28)12-33-21-25-24-18(26(21)16-8-6-15(22)7-9-16)11-23-20(29)14-5-4-13(2)17(10-14)27(30)31/h4-10H,3,11-12H2,1-2H3,(H,23,29). The van der Waals surface area contributed by atoms with Crippen LogP contribution in [0, 0.1) is 22.9 Å². The summed E-state index contributed by atoms with van der Waals surface area (Å²) in [6, 6.07) is 9.76. The number of benzene rings is 2. The summed E-state index contributed by atoms with van der Waals surface area (Å²) in [5.74, 6) is -1.07. The van der Waals surface area contributed by atoms with Crippen LogP contribution in [0.5, 0.6) is 0 Å². The van der Waals surface area contributed by atoms with E-state index in [-0.39, 0.29) is 30.2 Å². The summed E-state index contributed by atoms with van der Waals surface area (Å²) in [6.45, 7) is 3.47. The van der Waals surface area contributed by atoms with Crippen molar-refractivity contribution in [3.63, 3.8) is 0 Å². The van der Waals surface area contributed by atoms with Crippen LogP contribution in [0.2, 0.25) is 0 Å². The number of nitro benzene ring substituents is 1. The molecule has 3 rings (SSSR count). The fourth-order valence-electron chi connectivity index (χ4n) is 2.89. The maximum absolute atomic E-state index is 13.4. The van der Waals surface area contributed by atoms with Crippen LogP contribution in [0.3, 0.4) is 0 Å². The maximum atomic E-state index is 13.4. The van der Waals surface area contributed by atoms with Gasteiger partial charge < -0.3 is 10.1 Å². The van der Waals surface area contributed by atoms with E-state index in [0.717, 1.165) is 11.8 Å². The van der Waals surface area contributed by atoms with E-state index in [1.807, 2.05) is 0 Å². The Morgan fingerprint density at radius 1 is 1.21 bits per heavy atom. The number of aromatic nitrogens is 3. The van der Waals surface area contributed by atoms with Gasteiger partial charge in [-0.2, -0.15) is 0 Å². The molecule has 1 N–H and O–H groups in total. The third kappa shape index (κ3) is 5.92. The Bertz CT molecular complexity index is 1180. The van der Waals surface area contributed by atoms with Gasteiger partial charge >= 0.3 is 5.97 Å². The van der Waals surface area contributed by atoms with Crippen LogP contribution in [0.25, 0.3) is 5.69 Å².